The predicted molar refractivity (Wildman–Crippen MR) is 118 cm³/mol. The third-order valence-corrected chi connectivity index (χ3v) is 7.67. The summed E-state index contributed by atoms with van der Waals surface area (Å²) in [5, 5.41) is 2.09. The molecule has 0 saturated carbocycles. The molecular weight excluding hydrogens is 523 g/mol. The number of amides is 1. The second-order valence-electron chi connectivity index (χ2n) is 8.26. The van der Waals surface area contributed by atoms with Crippen LogP contribution < -0.4 is 5.32 Å². The van der Waals surface area contributed by atoms with Crippen LogP contribution in [0.2, 0.25) is 0 Å². The Morgan fingerprint density at radius 1 is 1.05 bits per heavy atom. The smallest absolute Gasteiger partial charge is 0.351 e. The van der Waals surface area contributed by atoms with Gasteiger partial charge in [-0.15, -0.1) is 0 Å². The van der Waals surface area contributed by atoms with Gasteiger partial charge >= 0.3 is 6.18 Å². The molecule has 0 unspecified atom stereocenters. The molecule has 1 amide bonds. The topological polar surface area (TPSA) is 118 Å². The molecule has 4 rings (SSSR count). The fourth-order valence-corrected chi connectivity index (χ4v) is 5.67. The Labute approximate surface area is 207 Å². The van der Waals surface area contributed by atoms with E-state index in [0.29, 0.717) is 6.42 Å². The Balaban J connectivity index is 1.50. The van der Waals surface area contributed by atoms with E-state index in [1.54, 1.807) is 6.92 Å². The number of carbonyl (C=O) groups is 1. The number of halogens is 5. The second kappa shape index (κ2) is 10.0. The zero-order valence-electron chi connectivity index (χ0n) is 19.1. The molecule has 3 aromatic rings. The van der Waals surface area contributed by atoms with Crippen LogP contribution in [0.3, 0.4) is 0 Å². The first-order valence-electron chi connectivity index (χ1n) is 10.8. The molecule has 1 aliphatic heterocycles. The third-order valence-electron chi connectivity index (χ3n) is 5.73. The fourth-order valence-electron chi connectivity index (χ4n) is 3.92. The van der Waals surface area contributed by atoms with E-state index in [9.17, 15) is 35.2 Å². The lowest BCUT2D eigenvalue weighted by Crippen LogP contribution is -2.48. The molecule has 1 fully saturated rings. The Hall–Kier alpha value is -3.59. The molecule has 0 spiro atoms. The molecule has 9 nitrogen and oxygen atoms in total. The maximum absolute atomic E-state index is 14.4. The second-order valence-corrected chi connectivity index (χ2v) is 10.1. The van der Waals surface area contributed by atoms with Gasteiger partial charge in [0.1, 0.15) is 17.7 Å². The molecule has 1 aliphatic rings. The monoisotopic (exact) mass is 542 g/mol. The molecule has 37 heavy (non-hydrogen) atoms. The maximum Gasteiger partial charge on any atom is 0.451 e. The molecule has 1 N–H and O–H groups in total. The summed E-state index contributed by atoms with van der Waals surface area (Å²) in [7, 11) is -4.23. The van der Waals surface area contributed by atoms with Crippen LogP contribution in [-0.4, -0.2) is 50.6 Å². The van der Waals surface area contributed by atoms with Gasteiger partial charge in [0.15, 0.2) is 5.03 Å². The van der Waals surface area contributed by atoms with Gasteiger partial charge < -0.3 is 5.32 Å². The van der Waals surface area contributed by atoms with E-state index in [1.807, 2.05) is 0 Å². The standard InChI is InChI=1S/C22H19F5N6O3S/c1-12-2-4-18(33(12)37(35,36)19-5-3-15(23)10-29-19)20(34)30-7-13-6-17(28-11-16(13)24)14-8-31-21(32-9-14)22(25,26)27/h3,5-6,8-12,18H,2,4,7H2,1H3,(H,30,34)/t12-,18-/m0/s1. The van der Waals surface area contributed by atoms with E-state index in [-0.39, 0.29) is 29.8 Å². The van der Waals surface area contributed by atoms with Gasteiger partial charge in [0.05, 0.1) is 18.1 Å². The summed E-state index contributed by atoms with van der Waals surface area (Å²) in [6.45, 7) is 1.27. The van der Waals surface area contributed by atoms with E-state index in [4.69, 9.17) is 0 Å². The fraction of sp³-hybridized carbons (Fsp3) is 0.318. The van der Waals surface area contributed by atoms with Gasteiger partial charge in [-0.25, -0.2) is 32.2 Å². The van der Waals surface area contributed by atoms with Gasteiger partial charge in [-0.2, -0.15) is 17.5 Å². The lowest BCUT2D eigenvalue weighted by Gasteiger charge is -2.26. The van der Waals surface area contributed by atoms with Crippen molar-refractivity contribution < 1.29 is 35.2 Å². The normalized spacial score (nSPS) is 18.6. The minimum absolute atomic E-state index is 0.0427. The number of carbonyl (C=O) groups excluding carboxylic acids is 1. The van der Waals surface area contributed by atoms with Crippen molar-refractivity contribution in [2.45, 2.75) is 49.6 Å². The van der Waals surface area contributed by atoms with Gasteiger partial charge in [0.25, 0.3) is 10.0 Å². The summed E-state index contributed by atoms with van der Waals surface area (Å²) in [6.07, 6.45) is -0.775. The summed E-state index contributed by atoms with van der Waals surface area (Å²) >= 11 is 0. The van der Waals surface area contributed by atoms with E-state index < -0.39 is 56.7 Å². The molecule has 196 valence electrons. The first kappa shape index (κ1) is 26.5. The molecule has 3 aromatic heterocycles. The van der Waals surface area contributed by atoms with E-state index in [0.717, 1.165) is 41.2 Å². The summed E-state index contributed by atoms with van der Waals surface area (Å²) < 4.78 is 92.8. The minimum Gasteiger partial charge on any atom is -0.351 e. The Morgan fingerprint density at radius 3 is 2.38 bits per heavy atom. The zero-order valence-corrected chi connectivity index (χ0v) is 19.9. The number of nitrogens with one attached hydrogen (secondary N) is 1. The summed E-state index contributed by atoms with van der Waals surface area (Å²) in [5.41, 5.74) is 0.119. The van der Waals surface area contributed by atoms with Crippen molar-refractivity contribution in [3.8, 4) is 11.3 Å². The van der Waals surface area contributed by atoms with Gasteiger partial charge in [0.2, 0.25) is 11.7 Å². The van der Waals surface area contributed by atoms with Crippen molar-refractivity contribution in [3.05, 3.63) is 66.0 Å². The number of hydrogen-bond donors (Lipinski definition) is 1. The van der Waals surface area contributed by atoms with Gasteiger partial charge in [-0.3, -0.25) is 9.78 Å². The highest BCUT2D eigenvalue weighted by Gasteiger charge is 2.44. The van der Waals surface area contributed by atoms with Crippen molar-refractivity contribution in [2.24, 2.45) is 0 Å². The quantitative estimate of drug-likeness (QED) is 0.476. The van der Waals surface area contributed by atoms with Crippen molar-refractivity contribution in [1.29, 1.82) is 0 Å². The van der Waals surface area contributed by atoms with Crippen LogP contribution >= 0.6 is 0 Å². The lowest BCUT2D eigenvalue weighted by atomic mass is 10.1. The predicted octanol–water partition coefficient (Wildman–Crippen LogP) is 3.09. The molecule has 4 heterocycles. The third kappa shape index (κ3) is 5.56. The Bertz CT molecular complexity index is 1400. The Kier molecular flexibility index (Phi) is 7.19. The number of rotatable bonds is 6. The van der Waals surface area contributed by atoms with E-state index in [1.165, 1.54) is 6.07 Å². The van der Waals surface area contributed by atoms with Crippen LogP contribution in [0.1, 0.15) is 31.2 Å². The van der Waals surface area contributed by atoms with Crippen molar-refractivity contribution >= 4 is 15.9 Å². The average molecular weight is 542 g/mol. The summed E-state index contributed by atoms with van der Waals surface area (Å²) in [6, 6.07) is 1.51. The van der Waals surface area contributed by atoms with Gasteiger partial charge in [-0.1, -0.05) is 0 Å². The van der Waals surface area contributed by atoms with Crippen molar-refractivity contribution in [1.82, 2.24) is 29.6 Å². The van der Waals surface area contributed by atoms with Crippen LogP contribution in [0.4, 0.5) is 22.0 Å². The van der Waals surface area contributed by atoms with Gasteiger partial charge in [0, 0.05) is 36.1 Å². The minimum atomic E-state index is -4.73. The highest BCUT2D eigenvalue weighted by molar-refractivity contribution is 7.89. The largest absolute Gasteiger partial charge is 0.451 e. The summed E-state index contributed by atoms with van der Waals surface area (Å²) in [5.74, 6) is -3.54. The molecule has 0 aliphatic carbocycles. The van der Waals surface area contributed by atoms with Crippen LogP contribution in [0.25, 0.3) is 11.3 Å². The number of nitrogens with zero attached hydrogens (tertiary/aromatic N) is 5. The number of sulfonamides is 1. The van der Waals surface area contributed by atoms with E-state index >= 15 is 0 Å². The SMILES string of the molecule is C[C@H]1CC[C@@H](C(=O)NCc2cc(-c3cnc(C(F)(F)F)nc3)ncc2F)N1S(=O)(=O)c1ccc(F)cn1. The molecule has 15 heteroatoms. The van der Waals surface area contributed by atoms with Crippen molar-refractivity contribution in [2.75, 3.05) is 0 Å². The molecule has 0 radical (unpaired) electrons. The highest BCUT2D eigenvalue weighted by Crippen LogP contribution is 2.31. The van der Waals surface area contributed by atoms with Crippen molar-refractivity contribution in [3.63, 3.8) is 0 Å². The highest BCUT2D eigenvalue weighted by atomic mass is 32.2. The van der Waals surface area contributed by atoms with Crippen LogP contribution in [0.5, 0.6) is 0 Å². The molecular formula is C22H19F5N6O3S. The molecule has 2 atom stereocenters. The van der Waals surface area contributed by atoms with Crippen LogP contribution in [-0.2, 0) is 27.5 Å². The van der Waals surface area contributed by atoms with Crippen LogP contribution in [0, 0.1) is 11.6 Å². The maximum atomic E-state index is 14.4. The molecule has 0 bridgehead atoms. The number of hydrogen-bond acceptors (Lipinski definition) is 7. The Morgan fingerprint density at radius 2 is 1.76 bits per heavy atom. The van der Waals surface area contributed by atoms with Gasteiger partial charge in [-0.05, 0) is 38.0 Å². The first-order valence-corrected chi connectivity index (χ1v) is 12.3. The summed E-state index contributed by atoms with van der Waals surface area (Å²) in [4.78, 5) is 26.9. The molecule has 1 saturated heterocycles. The van der Waals surface area contributed by atoms with Crippen LogP contribution in [0.15, 0.2) is 48.0 Å². The van der Waals surface area contributed by atoms with E-state index in [2.05, 4.69) is 25.3 Å². The number of pyridine rings is 2. The zero-order chi connectivity index (χ0) is 27.0. The first-order chi connectivity index (χ1) is 17.4. The number of aromatic nitrogens is 4. The molecule has 0 aromatic carbocycles. The number of alkyl halides is 3. The average Bonchev–Trinajstić information content (AvgIpc) is 3.25. The lowest BCUT2D eigenvalue weighted by molar-refractivity contribution is -0.145.